The molecule has 0 radical (unpaired) electrons. The number of phenolic OH excluding ortho intramolecular Hbond substituents is 1. The molecular weight excluding hydrogens is 278 g/mol. The lowest BCUT2D eigenvalue weighted by atomic mass is 10.2. The second kappa shape index (κ2) is 5.34. The Bertz CT molecular complexity index is 753. The molecule has 20 heavy (non-hydrogen) atoms. The maximum absolute atomic E-state index is 12.0. The fourth-order valence-electron chi connectivity index (χ4n) is 1.67. The molecule has 0 fully saturated rings. The van der Waals surface area contributed by atoms with E-state index in [9.17, 15) is 18.3 Å². The Morgan fingerprint density at radius 3 is 2.45 bits per heavy atom. The lowest BCUT2D eigenvalue weighted by molar-refractivity contribution is 0.102. The predicted molar refractivity (Wildman–Crippen MR) is 75.6 cm³/mol. The van der Waals surface area contributed by atoms with E-state index in [4.69, 9.17) is 0 Å². The number of para-hydroxylation sites is 1. The van der Waals surface area contributed by atoms with Gasteiger partial charge in [-0.25, -0.2) is 8.42 Å². The number of hydrogen-bond donors (Lipinski definition) is 2. The fourth-order valence-corrected chi connectivity index (χ4v) is 2.34. The van der Waals surface area contributed by atoms with E-state index in [1.54, 1.807) is 18.2 Å². The first-order valence-corrected chi connectivity index (χ1v) is 7.66. The molecule has 6 heteroatoms. The summed E-state index contributed by atoms with van der Waals surface area (Å²) in [6, 6.07) is 12.0. The largest absolute Gasteiger partial charge is 0.507 e. The molecule has 2 aromatic carbocycles. The number of aromatic hydroxyl groups is 1. The van der Waals surface area contributed by atoms with Crippen molar-refractivity contribution in [3.8, 4) is 5.75 Å². The SMILES string of the molecule is CS(=O)(=O)c1cccc(NC(=O)c2ccccc2O)c1. The summed E-state index contributed by atoms with van der Waals surface area (Å²) in [6.07, 6.45) is 1.09. The second-order valence-corrected chi connectivity index (χ2v) is 6.29. The maximum Gasteiger partial charge on any atom is 0.259 e. The first kappa shape index (κ1) is 14.1. The number of phenols is 1. The Balaban J connectivity index is 2.27. The van der Waals surface area contributed by atoms with Crippen molar-refractivity contribution in [2.24, 2.45) is 0 Å². The number of nitrogens with one attached hydrogen (secondary N) is 1. The summed E-state index contributed by atoms with van der Waals surface area (Å²) in [7, 11) is -3.33. The first-order valence-electron chi connectivity index (χ1n) is 5.77. The van der Waals surface area contributed by atoms with Gasteiger partial charge in [0.25, 0.3) is 5.91 Å². The average molecular weight is 291 g/mol. The van der Waals surface area contributed by atoms with Crippen molar-refractivity contribution in [1.82, 2.24) is 0 Å². The normalized spacial score (nSPS) is 11.1. The van der Waals surface area contributed by atoms with Crippen LogP contribution in [-0.2, 0) is 9.84 Å². The average Bonchev–Trinajstić information content (AvgIpc) is 2.38. The fraction of sp³-hybridized carbons (Fsp3) is 0.0714. The highest BCUT2D eigenvalue weighted by atomic mass is 32.2. The summed E-state index contributed by atoms with van der Waals surface area (Å²) in [5.74, 6) is -0.641. The number of anilines is 1. The topological polar surface area (TPSA) is 83.5 Å². The first-order chi connectivity index (χ1) is 9.38. The van der Waals surface area contributed by atoms with Crippen molar-refractivity contribution >= 4 is 21.4 Å². The van der Waals surface area contributed by atoms with Crippen LogP contribution in [0, 0.1) is 0 Å². The molecule has 1 amide bonds. The van der Waals surface area contributed by atoms with E-state index in [1.807, 2.05) is 0 Å². The van der Waals surface area contributed by atoms with Gasteiger partial charge >= 0.3 is 0 Å². The van der Waals surface area contributed by atoms with E-state index < -0.39 is 15.7 Å². The Labute approximate surface area is 116 Å². The minimum Gasteiger partial charge on any atom is -0.507 e. The Morgan fingerprint density at radius 2 is 1.80 bits per heavy atom. The number of rotatable bonds is 3. The van der Waals surface area contributed by atoms with Crippen LogP contribution in [0.1, 0.15) is 10.4 Å². The van der Waals surface area contributed by atoms with Gasteiger partial charge in [0.2, 0.25) is 0 Å². The van der Waals surface area contributed by atoms with Crippen LogP contribution in [0.3, 0.4) is 0 Å². The predicted octanol–water partition coefficient (Wildman–Crippen LogP) is 2.05. The van der Waals surface area contributed by atoms with Crippen molar-refractivity contribution in [2.45, 2.75) is 4.90 Å². The van der Waals surface area contributed by atoms with Crippen LogP contribution in [0.25, 0.3) is 0 Å². The van der Waals surface area contributed by atoms with E-state index in [0.29, 0.717) is 5.69 Å². The van der Waals surface area contributed by atoms with E-state index in [1.165, 1.54) is 30.3 Å². The molecule has 0 aromatic heterocycles. The van der Waals surface area contributed by atoms with E-state index in [-0.39, 0.29) is 16.2 Å². The third kappa shape index (κ3) is 3.16. The van der Waals surface area contributed by atoms with E-state index in [2.05, 4.69) is 5.32 Å². The summed E-state index contributed by atoms with van der Waals surface area (Å²) < 4.78 is 22.9. The van der Waals surface area contributed by atoms with Crippen LogP contribution in [0.5, 0.6) is 5.75 Å². The molecule has 0 spiro atoms. The zero-order valence-electron chi connectivity index (χ0n) is 10.7. The minimum absolute atomic E-state index is 0.118. The highest BCUT2D eigenvalue weighted by Gasteiger charge is 2.12. The monoisotopic (exact) mass is 291 g/mol. The van der Waals surface area contributed by atoms with Gasteiger partial charge in [-0.15, -0.1) is 0 Å². The molecule has 0 aliphatic rings. The van der Waals surface area contributed by atoms with Crippen molar-refractivity contribution in [3.63, 3.8) is 0 Å². The number of carbonyl (C=O) groups excluding carboxylic acids is 1. The molecule has 2 N–H and O–H groups in total. The van der Waals surface area contributed by atoms with Gasteiger partial charge in [0.05, 0.1) is 10.5 Å². The quantitative estimate of drug-likeness (QED) is 0.906. The van der Waals surface area contributed by atoms with Crippen molar-refractivity contribution in [1.29, 1.82) is 0 Å². The summed E-state index contributed by atoms with van der Waals surface area (Å²) in [5.41, 5.74) is 0.471. The molecule has 0 aliphatic carbocycles. The van der Waals surface area contributed by atoms with Crippen LogP contribution in [-0.4, -0.2) is 25.7 Å². The Hall–Kier alpha value is -2.34. The van der Waals surface area contributed by atoms with Crippen LogP contribution in [0.15, 0.2) is 53.4 Å². The summed E-state index contributed by atoms with van der Waals surface area (Å²) in [6.45, 7) is 0. The number of amides is 1. The van der Waals surface area contributed by atoms with Crippen LogP contribution in [0.2, 0.25) is 0 Å². The van der Waals surface area contributed by atoms with Crippen LogP contribution >= 0.6 is 0 Å². The van der Waals surface area contributed by atoms with Crippen LogP contribution in [0.4, 0.5) is 5.69 Å². The van der Waals surface area contributed by atoms with E-state index in [0.717, 1.165) is 6.26 Å². The lowest BCUT2D eigenvalue weighted by Gasteiger charge is -2.07. The molecule has 0 unspecified atom stereocenters. The van der Waals surface area contributed by atoms with Crippen molar-refractivity contribution in [3.05, 3.63) is 54.1 Å². The highest BCUT2D eigenvalue weighted by molar-refractivity contribution is 7.90. The molecule has 5 nitrogen and oxygen atoms in total. The molecule has 0 saturated heterocycles. The summed E-state index contributed by atoms with van der Waals surface area (Å²) in [4.78, 5) is 12.1. The Kier molecular flexibility index (Phi) is 3.76. The number of carbonyl (C=O) groups is 1. The summed E-state index contributed by atoms with van der Waals surface area (Å²) in [5, 5.41) is 12.1. The summed E-state index contributed by atoms with van der Waals surface area (Å²) >= 11 is 0. The third-order valence-corrected chi connectivity index (χ3v) is 3.78. The third-order valence-electron chi connectivity index (χ3n) is 2.67. The zero-order chi connectivity index (χ0) is 14.8. The standard InChI is InChI=1S/C14H13NO4S/c1-20(18,19)11-6-4-5-10(9-11)15-14(17)12-7-2-3-8-13(12)16/h2-9,16H,1H3,(H,15,17). The molecule has 104 valence electrons. The highest BCUT2D eigenvalue weighted by Crippen LogP contribution is 2.19. The molecule has 0 heterocycles. The van der Waals surface area contributed by atoms with Gasteiger partial charge in [-0.3, -0.25) is 4.79 Å². The molecule has 0 bridgehead atoms. The Morgan fingerprint density at radius 1 is 1.10 bits per heavy atom. The van der Waals surface area contributed by atoms with Gasteiger partial charge in [-0.1, -0.05) is 18.2 Å². The van der Waals surface area contributed by atoms with Gasteiger partial charge in [0, 0.05) is 11.9 Å². The smallest absolute Gasteiger partial charge is 0.259 e. The lowest BCUT2D eigenvalue weighted by Crippen LogP contribution is -2.12. The minimum atomic E-state index is -3.33. The van der Waals surface area contributed by atoms with Crippen molar-refractivity contribution in [2.75, 3.05) is 11.6 Å². The van der Waals surface area contributed by atoms with Crippen LogP contribution < -0.4 is 5.32 Å². The molecule has 0 saturated carbocycles. The van der Waals surface area contributed by atoms with E-state index >= 15 is 0 Å². The molecule has 2 aromatic rings. The maximum atomic E-state index is 12.0. The molecule has 2 rings (SSSR count). The molecule has 0 aliphatic heterocycles. The second-order valence-electron chi connectivity index (χ2n) is 4.27. The van der Waals surface area contributed by atoms with Crippen molar-refractivity contribution < 1.29 is 18.3 Å². The van der Waals surface area contributed by atoms with Gasteiger partial charge in [0.15, 0.2) is 9.84 Å². The number of sulfone groups is 1. The number of hydrogen-bond acceptors (Lipinski definition) is 4. The van der Waals surface area contributed by atoms with Gasteiger partial charge in [-0.05, 0) is 30.3 Å². The zero-order valence-corrected chi connectivity index (χ0v) is 11.5. The molecular formula is C14H13NO4S. The van der Waals surface area contributed by atoms with Gasteiger partial charge in [-0.2, -0.15) is 0 Å². The van der Waals surface area contributed by atoms with Gasteiger partial charge < -0.3 is 10.4 Å². The number of benzene rings is 2. The molecule has 0 atom stereocenters. The van der Waals surface area contributed by atoms with Gasteiger partial charge in [0.1, 0.15) is 5.75 Å².